The number of aromatic nitrogens is 4. The standard InChI is InChI=1S/C15H18N4OS/c1-4-18-14-13(10(2)17-18)16-15(21)19(14)12-8-6-5-7-11(12)9-20-3/h5-8H,4,9H2,1-3H3,(H,16,21). The molecule has 0 radical (unpaired) electrons. The highest BCUT2D eigenvalue weighted by Gasteiger charge is 2.16. The van der Waals surface area contributed by atoms with Crippen LogP contribution in [0.1, 0.15) is 18.2 Å². The average molecular weight is 302 g/mol. The number of aryl methyl sites for hydroxylation is 2. The number of rotatable bonds is 4. The Bertz CT molecular complexity index is 843. The monoisotopic (exact) mass is 302 g/mol. The van der Waals surface area contributed by atoms with Crippen molar-refractivity contribution in [2.45, 2.75) is 27.0 Å². The van der Waals surface area contributed by atoms with E-state index in [1.54, 1.807) is 7.11 Å². The number of benzene rings is 1. The summed E-state index contributed by atoms with van der Waals surface area (Å²) in [5.74, 6) is 0. The summed E-state index contributed by atoms with van der Waals surface area (Å²) in [5.41, 5.74) is 5.09. The summed E-state index contributed by atoms with van der Waals surface area (Å²) in [4.78, 5) is 3.27. The second-order valence-corrected chi connectivity index (χ2v) is 5.31. The normalized spacial score (nSPS) is 11.4. The Balaban J connectivity index is 2.35. The van der Waals surface area contributed by atoms with E-state index in [1.165, 1.54) is 0 Å². The maximum atomic E-state index is 5.53. The summed E-state index contributed by atoms with van der Waals surface area (Å²) in [7, 11) is 1.70. The molecule has 2 aromatic heterocycles. The summed E-state index contributed by atoms with van der Waals surface area (Å²) >= 11 is 5.53. The number of methoxy groups -OCH3 is 1. The van der Waals surface area contributed by atoms with E-state index in [1.807, 2.05) is 28.3 Å². The van der Waals surface area contributed by atoms with Crippen LogP contribution < -0.4 is 0 Å². The van der Waals surface area contributed by atoms with Gasteiger partial charge in [0.1, 0.15) is 5.52 Å². The van der Waals surface area contributed by atoms with Crippen LogP contribution in [0.5, 0.6) is 0 Å². The van der Waals surface area contributed by atoms with Gasteiger partial charge in [-0.1, -0.05) is 18.2 Å². The SMILES string of the molecule is CCn1nc(C)c2[nH]c(=S)n(-c3ccccc3COC)c21. The Hall–Kier alpha value is -1.92. The molecule has 0 aliphatic rings. The van der Waals surface area contributed by atoms with E-state index >= 15 is 0 Å². The van der Waals surface area contributed by atoms with Gasteiger partial charge in [0.05, 0.1) is 18.0 Å². The van der Waals surface area contributed by atoms with Gasteiger partial charge in [-0.3, -0.25) is 4.57 Å². The average Bonchev–Trinajstić information content (AvgIpc) is 2.97. The van der Waals surface area contributed by atoms with Crippen molar-refractivity contribution in [3.63, 3.8) is 0 Å². The topological polar surface area (TPSA) is 47.8 Å². The smallest absolute Gasteiger partial charge is 0.184 e. The molecule has 0 unspecified atom stereocenters. The number of fused-ring (bicyclic) bond motifs is 1. The lowest BCUT2D eigenvalue weighted by Crippen LogP contribution is -2.06. The first-order valence-electron chi connectivity index (χ1n) is 6.92. The molecule has 21 heavy (non-hydrogen) atoms. The summed E-state index contributed by atoms with van der Waals surface area (Å²) in [6, 6.07) is 8.13. The van der Waals surface area contributed by atoms with Crippen molar-refractivity contribution >= 4 is 23.4 Å². The van der Waals surface area contributed by atoms with Gasteiger partial charge in [0.25, 0.3) is 0 Å². The number of hydrogen-bond donors (Lipinski definition) is 1. The molecule has 0 aliphatic carbocycles. The number of nitrogens with zero attached hydrogens (tertiary/aromatic N) is 3. The van der Waals surface area contributed by atoms with Crippen molar-refractivity contribution in [2.75, 3.05) is 7.11 Å². The highest BCUT2D eigenvalue weighted by atomic mass is 32.1. The molecule has 0 fully saturated rings. The molecule has 1 N–H and O–H groups in total. The number of hydrogen-bond acceptors (Lipinski definition) is 3. The second kappa shape index (κ2) is 5.46. The van der Waals surface area contributed by atoms with Crippen LogP contribution in [0.4, 0.5) is 0 Å². The molecular formula is C15H18N4OS. The fourth-order valence-corrected chi connectivity index (χ4v) is 2.94. The minimum Gasteiger partial charge on any atom is -0.380 e. The van der Waals surface area contributed by atoms with Crippen molar-refractivity contribution < 1.29 is 4.74 Å². The maximum absolute atomic E-state index is 5.53. The lowest BCUT2D eigenvalue weighted by molar-refractivity contribution is 0.185. The zero-order chi connectivity index (χ0) is 15.0. The van der Waals surface area contributed by atoms with Gasteiger partial charge in [0.2, 0.25) is 0 Å². The zero-order valence-electron chi connectivity index (χ0n) is 12.4. The molecular weight excluding hydrogens is 284 g/mol. The van der Waals surface area contributed by atoms with Crippen LogP contribution >= 0.6 is 12.2 Å². The lowest BCUT2D eigenvalue weighted by atomic mass is 10.2. The molecule has 0 atom stereocenters. The largest absolute Gasteiger partial charge is 0.380 e. The number of imidazole rings is 1. The molecule has 5 nitrogen and oxygen atoms in total. The lowest BCUT2D eigenvalue weighted by Gasteiger charge is -2.11. The van der Waals surface area contributed by atoms with Gasteiger partial charge in [0, 0.05) is 19.2 Å². The fourth-order valence-electron chi connectivity index (χ4n) is 2.65. The van der Waals surface area contributed by atoms with E-state index in [2.05, 4.69) is 29.1 Å². The van der Waals surface area contributed by atoms with Crippen LogP contribution in [-0.2, 0) is 17.9 Å². The molecule has 110 valence electrons. The quantitative estimate of drug-likeness (QED) is 0.752. The van der Waals surface area contributed by atoms with Crippen LogP contribution in [0.25, 0.3) is 16.9 Å². The number of nitrogens with one attached hydrogen (secondary N) is 1. The number of H-pyrrole nitrogens is 1. The van der Waals surface area contributed by atoms with Gasteiger partial charge in [-0.05, 0) is 32.1 Å². The third-order valence-electron chi connectivity index (χ3n) is 3.58. The third kappa shape index (κ3) is 2.20. The summed E-state index contributed by atoms with van der Waals surface area (Å²) in [6.07, 6.45) is 0. The first-order valence-corrected chi connectivity index (χ1v) is 7.33. The van der Waals surface area contributed by atoms with Crippen molar-refractivity contribution in [3.8, 4) is 5.69 Å². The van der Waals surface area contributed by atoms with E-state index in [0.717, 1.165) is 34.7 Å². The zero-order valence-corrected chi connectivity index (χ0v) is 13.2. The number of aromatic amines is 1. The van der Waals surface area contributed by atoms with Crippen LogP contribution in [0, 0.1) is 11.7 Å². The van der Waals surface area contributed by atoms with E-state index in [-0.39, 0.29) is 0 Å². The summed E-state index contributed by atoms with van der Waals surface area (Å²) in [6.45, 7) is 5.41. The van der Waals surface area contributed by atoms with Crippen LogP contribution in [0.15, 0.2) is 24.3 Å². The van der Waals surface area contributed by atoms with Gasteiger partial charge in [-0.25, -0.2) is 4.68 Å². The molecule has 0 amide bonds. The maximum Gasteiger partial charge on any atom is 0.184 e. The molecule has 2 heterocycles. The van der Waals surface area contributed by atoms with Gasteiger partial charge < -0.3 is 9.72 Å². The fraction of sp³-hybridized carbons (Fsp3) is 0.333. The minimum absolute atomic E-state index is 0.546. The van der Waals surface area contributed by atoms with E-state index in [0.29, 0.717) is 11.4 Å². The Morgan fingerprint density at radius 1 is 1.33 bits per heavy atom. The first kappa shape index (κ1) is 14.0. The molecule has 0 aliphatic heterocycles. The predicted octanol–water partition coefficient (Wildman–Crippen LogP) is 3.36. The molecule has 3 rings (SSSR count). The molecule has 0 bridgehead atoms. The van der Waals surface area contributed by atoms with Crippen molar-refractivity contribution in [3.05, 3.63) is 40.3 Å². The Labute approximate surface area is 128 Å². The van der Waals surface area contributed by atoms with E-state index in [4.69, 9.17) is 17.0 Å². The summed E-state index contributed by atoms with van der Waals surface area (Å²) < 4.78 is 9.99. The number of ether oxygens (including phenoxy) is 1. The molecule has 1 aromatic carbocycles. The second-order valence-electron chi connectivity index (χ2n) is 4.93. The Morgan fingerprint density at radius 2 is 2.10 bits per heavy atom. The van der Waals surface area contributed by atoms with Crippen molar-refractivity contribution in [1.29, 1.82) is 0 Å². The van der Waals surface area contributed by atoms with E-state index < -0.39 is 0 Å². The number of para-hydroxylation sites is 1. The predicted molar refractivity (Wildman–Crippen MR) is 85.4 cm³/mol. The molecule has 0 saturated carbocycles. The van der Waals surface area contributed by atoms with Crippen LogP contribution in [0.2, 0.25) is 0 Å². The van der Waals surface area contributed by atoms with E-state index in [9.17, 15) is 0 Å². The third-order valence-corrected chi connectivity index (χ3v) is 3.86. The van der Waals surface area contributed by atoms with Gasteiger partial charge in [-0.2, -0.15) is 5.10 Å². The highest BCUT2D eigenvalue weighted by molar-refractivity contribution is 7.71. The molecule has 0 spiro atoms. The van der Waals surface area contributed by atoms with Crippen LogP contribution in [0.3, 0.4) is 0 Å². The van der Waals surface area contributed by atoms with Gasteiger partial charge in [0.15, 0.2) is 10.4 Å². The molecule has 3 aromatic rings. The van der Waals surface area contributed by atoms with Crippen LogP contribution in [-0.4, -0.2) is 26.4 Å². The van der Waals surface area contributed by atoms with Gasteiger partial charge >= 0.3 is 0 Å². The van der Waals surface area contributed by atoms with Crippen molar-refractivity contribution in [1.82, 2.24) is 19.3 Å². The molecule has 0 saturated heterocycles. The highest BCUT2D eigenvalue weighted by Crippen LogP contribution is 2.24. The summed E-state index contributed by atoms with van der Waals surface area (Å²) in [5, 5.41) is 4.56. The van der Waals surface area contributed by atoms with Gasteiger partial charge in [-0.15, -0.1) is 0 Å². The Morgan fingerprint density at radius 3 is 2.81 bits per heavy atom. The van der Waals surface area contributed by atoms with Crippen molar-refractivity contribution in [2.24, 2.45) is 0 Å². The Kier molecular flexibility index (Phi) is 3.65. The first-order chi connectivity index (χ1) is 10.2. The molecule has 6 heteroatoms. The minimum atomic E-state index is 0.546.